The number of ether oxygens (including phenoxy) is 1. The Morgan fingerprint density at radius 2 is 1.67 bits per heavy atom. The van der Waals surface area contributed by atoms with E-state index in [0.29, 0.717) is 24.6 Å². The highest BCUT2D eigenvalue weighted by Crippen LogP contribution is 2.44. The van der Waals surface area contributed by atoms with Crippen molar-refractivity contribution in [1.29, 1.82) is 0 Å². The van der Waals surface area contributed by atoms with Crippen LogP contribution in [-0.4, -0.2) is 78.7 Å². The summed E-state index contributed by atoms with van der Waals surface area (Å²) in [6.07, 6.45) is 13.0. The molecule has 3 aromatic rings. The molecule has 42 heavy (non-hydrogen) atoms. The summed E-state index contributed by atoms with van der Waals surface area (Å²) < 4.78 is 35.7. The molecule has 4 fully saturated rings. The average Bonchev–Trinajstić information content (AvgIpc) is 3.67. The fourth-order valence-electron chi connectivity index (χ4n) is 6.84. The maximum atomic E-state index is 13.6. The molecule has 224 valence electrons. The molecular weight excluding hydrogens is 554 g/mol. The van der Waals surface area contributed by atoms with Crippen molar-refractivity contribution in [1.82, 2.24) is 24.5 Å². The number of carbonyl (C=O) groups excluding carboxylic acids is 1. The molecule has 1 atom stereocenters. The highest BCUT2D eigenvalue weighted by molar-refractivity contribution is 7.90. The number of piperazine rings is 1. The molecule has 2 aliphatic heterocycles. The molecule has 3 aromatic heterocycles. The largest absolute Gasteiger partial charge is 0.380 e. The van der Waals surface area contributed by atoms with Gasteiger partial charge in [-0.15, -0.1) is 0 Å². The second kappa shape index (κ2) is 11.4. The zero-order valence-electron chi connectivity index (χ0n) is 23.9. The molecule has 0 radical (unpaired) electrons. The minimum absolute atomic E-state index is 0.0985. The Morgan fingerprint density at radius 3 is 2.33 bits per heavy atom. The number of nitrogens with zero attached hydrogens (tertiary/aromatic N) is 6. The first-order valence-electron chi connectivity index (χ1n) is 15.4. The van der Waals surface area contributed by atoms with E-state index in [4.69, 9.17) is 14.8 Å². The number of sulfonamides is 1. The lowest BCUT2D eigenvalue weighted by Crippen LogP contribution is -2.46. The van der Waals surface area contributed by atoms with Crippen LogP contribution < -0.4 is 14.5 Å². The van der Waals surface area contributed by atoms with Gasteiger partial charge < -0.3 is 14.5 Å². The quantitative estimate of drug-likeness (QED) is 0.436. The normalized spacial score (nSPS) is 22.4. The first-order chi connectivity index (χ1) is 20.5. The molecule has 0 aromatic carbocycles. The van der Waals surface area contributed by atoms with Gasteiger partial charge in [-0.1, -0.05) is 25.7 Å². The van der Waals surface area contributed by atoms with Gasteiger partial charge in [-0.2, -0.15) is 5.10 Å². The van der Waals surface area contributed by atoms with E-state index >= 15 is 0 Å². The standard InChI is InChI=1S/C30H39N7O4S/c38-30(34-42(39,40)24-11-18-41-20-24)25-19-26(36-16-14-35(15-17-36)22-9-12-31-13-10-22)27-28(21-5-4-6-21)33-37(29(27)32-25)23-7-2-1-3-8-23/h9-10,12-13,19,21,23-24H,1-8,11,14-18,20H2,(H,34,38). The maximum absolute atomic E-state index is 13.6. The summed E-state index contributed by atoms with van der Waals surface area (Å²) in [6.45, 7) is 3.64. The van der Waals surface area contributed by atoms with Crippen LogP contribution in [0, 0.1) is 0 Å². The van der Waals surface area contributed by atoms with E-state index in [9.17, 15) is 13.2 Å². The van der Waals surface area contributed by atoms with Crippen LogP contribution in [-0.2, 0) is 14.8 Å². The summed E-state index contributed by atoms with van der Waals surface area (Å²) in [5, 5.41) is 5.54. The van der Waals surface area contributed by atoms with Crippen LogP contribution >= 0.6 is 0 Å². The third kappa shape index (κ3) is 5.23. The predicted octanol–water partition coefficient (Wildman–Crippen LogP) is 3.77. The number of carbonyl (C=O) groups is 1. The molecule has 2 saturated heterocycles. The van der Waals surface area contributed by atoms with Crippen molar-refractivity contribution in [3.8, 4) is 0 Å². The van der Waals surface area contributed by atoms with Crippen LogP contribution in [0.25, 0.3) is 11.0 Å². The number of hydrogen-bond acceptors (Lipinski definition) is 9. The zero-order valence-corrected chi connectivity index (χ0v) is 24.8. The van der Waals surface area contributed by atoms with Gasteiger partial charge in [-0.3, -0.25) is 9.78 Å². The first kappa shape index (κ1) is 27.6. The summed E-state index contributed by atoms with van der Waals surface area (Å²) in [5.41, 5.74) is 4.00. The van der Waals surface area contributed by atoms with Gasteiger partial charge in [0.1, 0.15) is 10.9 Å². The number of fused-ring (bicyclic) bond motifs is 1. The number of anilines is 2. The Hall–Kier alpha value is -3.25. The second-order valence-corrected chi connectivity index (χ2v) is 14.1. The van der Waals surface area contributed by atoms with Crippen LogP contribution in [0.4, 0.5) is 11.4 Å². The van der Waals surface area contributed by atoms with Gasteiger partial charge in [-0.25, -0.2) is 22.8 Å². The van der Waals surface area contributed by atoms with Gasteiger partial charge in [0.25, 0.3) is 5.91 Å². The summed E-state index contributed by atoms with van der Waals surface area (Å²) >= 11 is 0. The van der Waals surface area contributed by atoms with E-state index in [1.54, 1.807) is 6.07 Å². The summed E-state index contributed by atoms with van der Waals surface area (Å²) in [5.74, 6) is -0.305. The van der Waals surface area contributed by atoms with Crippen molar-refractivity contribution in [3.05, 3.63) is 42.0 Å². The van der Waals surface area contributed by atoms with Gasteiger partial charge in [0.15, 0.2) is 5.65 Å². The van der Waals surface area contributed by atoms with Crippen LogP contribution in [0.1, 0.15) is 85.9 Å². The molecule has 1 N–H and O–H groups in total. The number of amides is 1. The highest BCUT2D eigenvalue weighted by atomic mass is 32.2. The molecule has 5 heterocycles. The summed E-state index contributed by atoms with van der Waals surface area (Å²) in [6, 6.07) is 6.09. The Labute approximate surface area is 246 Å². The van der Waals surface area contributed by atoms with Crippen LogP contribution in [0.15, 0.2) is 30.6 Å². The highest BCUT2D eigenvalue weighted by Gasteiger charge is 2.35. The lowest BCUT2D eigenvalue weighted by Gasteiger charge is -2.38. The molecule has 1 unspecified atom stereocenters. The Bertz CT molecular complexity index is 1540. The Kier molecular flexibility index (Phi) is 7.51. The van der Waals surface area contributed by atoms with Gasteiger partial charge in [-0.05, 0) is 50.3 Å². The smallest absolute Gasteiger partial charge is 0.283 e. The lowest BCUT2D eigenvalue weighted by molar-refractivity contribution is 0.0976. The van der Waals surface area contributed by atoms with E-state index < -0.39 is 21.2 Å². The Morgan fingerprint density at radius 1 is 0.929 bits per heavy atom. The van der Waals surface area contributed by atoms with E-state index in [-0.39, 0.29) is 18.3 Å². The number of nitrogens with one attached hydrogen (secondary N) is 1. The second-order valence-electron chi connectivity index (χ2n) is 12.1. The minimum Gasteiger partial charge on any atom is -0.380 e. The van der Waals surface area contributed by atoms with Gasteiger partial charge in [0, 0.05) is 56.8 Å². The number of aromatic nitrogens is 4. The minimum atomic E-state index is -3.88. The third-order valence-corrected chi connectivity index (χ3v) is 11.2. The molecule has 0 bridgehead atoms. The predicted molar refractivity (Wildman–Crippen MR) is 161 cm³/mol. The van der Waals surface area contributed by atoms with Crippen molar-refractivity contribution in [2.24, 2.45) is 0 Å². The van der Waals surface area contributed by atoms with E-state index in [2.05, 4.69) is 24.2 Å². The zero-order chi connectivity index (χ0) is 28.7. The maximum Gasteiger partial charge on any atom is 0.283 e. The molecule has 2 aliphatic carbocycles. The van der Waals surface area contributed by atoms with E-state index in [1.165, 1.54) is 12.8 Å². The number of rotatable bonds is 7. The number of hydrogen-bond donors (Lipinski definition) is 1. The van der Waals surface area contributed by atoms with Crippen molar-refractivity contribution < 1.29 is 17.9 Å². The first-order valence-corrected chi connectivity index (χ1v) is 17.0. The SMILES string of the molecule is O=C(NS(=O)(=O)C1CCOC1)c1cc(N2CCN(c3ccncc3)CC2)c2c(C3CCC3)nn(C3CCCCC3)c2n1. The lowest BCUT2D eigenvalue weighted by atomic mass is 9.82. The molecule has 11 nitrogen and oxygen atoms in total. The van der Waals surface area contributed by atoms with Gasteiger partial charge in [0.05, 0.1) is 29.4 Å². The van der Waals surface area contributed by atoms with Crippen LogP contribution in [0.2, 0.25) is 0 Å². The average molecular weight is 594 g/mol. The molecule has 2 saturated carbocycles. The topological polar surface area (TPSA) is 123 Å². The fraction of sp³-hybridized carbons (Fsp3) is 0.600. The van der Waals surface area contributed by atoms with Crippen molar-refractivity contribution >= 4 is 38.3 Å². The molecular formula is C30H39N7O4S. The Balaban J connectivity index is 1.29. The van der Waals surface area contributed by atoms with Crippen LogP contribution in [0.5, 0.6) is 0 Å². The fourth-order valence-corrected chi connectivity index (χ4v) is 8.05. The molecule has 7 rings (SSSR count). The van der Waals surface area contributed by atoms with Crippen LogP contribution in [0.3, 0.4) is 0 Å². The molecule has 1 amide bonds. The van der Waals surface area contributed by atoms with E-state index in [0.717, 1.165) is 87.2 Å². The number of pyridine rings is 2. The summed E-state index contributed by atoms with van der Waals surface area (Å²) in [4.78, 5) is 27.3. The third-order valence-electron chi connectivity index (χ3n) is 9.52. The van der Waals surface area contributed by atoms with Crippen molar-refractivity contribution in [2.75, 3.05) is 49.2 Å². The van der Waals surface area contributed by atoms with Crippen molar-refractivity contribution in [2.45, 2.75) is 75.0 Å². The van der Waals surface area contributed by atoms with E-state index in [1.807, 2.05) is 24.5 Å². The van der Waals surface area contributed by atoms with Gasteiger partial charge >= 0.3 is 0 Å². The van der Waals surface area contributed by atoms with Gasteiger partial charge in [0.2, 0.25) is 10.0 Å². The molecule has 12 heteroatoms. The molecule has 0 spiro atoms. The van der Waals surface area contributed by atoms with Crippen molar-refractivity contribution in [3.63, 3.8) is 0 Å². The molecule has 4 aliphatic rings. The summed E-state index contributed by atoms with van der Waals surface area (Å²) in [7, 11) is -3.88. The monoisotopic (exact) mass is 593 g/mol.